The maximum Gasteiger partial charge on any atom is 0.306 e. The molecule has 446 valence electrons. The van der Waals surface area contributed by atoms with Gasteiger partial charge in [0, 0.05) is 19.3 Å². The highest BCUT2D eigenvalue weighted by Gasteiger charge is 2.19. The molecule has 0 aromatic rings. The summed E-state index contributed by atoms with van der Waals surface area (Å²) in [6.07, 6.45) is 75.7. The van der Waals surface area contributed by atoms with Crippen molar-refractivity contribution in [2.75, 3.05) is 13.2 Å². The third kappa shape index (κ3) is 63.1. The molecule has 0 aromatic heterocycles. The molecular weight excluding hydrogens is 925 g/mol. The van der Waals surface area contributed by atoms with Gasteiger partial charge in [-0.05, 0) is 19.3 Å². The molecule has 0 aliphatic heterocycles. The molecule has 0 bridgehead atoms. The van der Waals surface area contributed by atoms with Crippen LogP contribution in [0.1, 0.15) is 406 Å². The standard InChI is InChI=1S/C69H134O6/c1-4-7-10-13-16-19-22-24-26-28-30-32-34-35-36-38-39-41-43-45-47-50-53-56-59-62-68(71)74-65-66(64-73-67(70)61-58-55-52-49-21-18-15-12-9-6-3)75-69(72)63-60-57-54-51-48-46-44-42-40-37-33-31-29-27-25-23-20-17-14-11-8-5-2/h66H,4-65H2,1-3H3. The molecule has 0 fully saturated rings. The lowest BCUT2D eigenvalue weighted by Crippen LogP contribution is -2.30. The van der Waals surface area contributed by atoms with Crippen LogP contribution in [-0.2, 0) is 28.6 Å². The van der Waals surface area contributed by atoms with Crippen molar-refractivity contribution in [3.05, 3.63) is 0 Å². The fourth-order valence-corrected chi connectivity index (χ4v) is 10.9. The van der Waals surface area contributed by atoms with Crippen LogP contribution in [0.2, 0.25) is 0 Å². The Morgan fingerprint density at radius 2 is 0.360 bits per heavy atom. The lowest BCUT2D eigenvalue weighted by atomic mass is 10.0. The van der Waals surface area contributed by atoms with Crippen molar-refractivity contribution in [3.63, 3.8) is 0 Å². The molecule has 0 rings (SSSR count). The Bertz CT molecular complexity index is 1120. The second-order valence-electron chi connectivity index (χ2n) is 23.8. The van der Waals surface area contributed by atoms with Crippen molar-refractivity contribution in [2.45, 2.75) is 412 Å². The van der Waals surface area contributed by atoms with E-state index in [1.54, 1.807) is 0 Å². The summed E-state index contributed by atoms with van der Waals surface area (Å²) in [5, 5.41) is 0. The zero-order chi connectivity index (χ0) is 54.3. The highest BCUT2D eigenvalue weighted by atomic mass is 16.6. The van der Waals surface area contributed by atoms with Gasteiger partial charge in [-0.15, -0.1) is 0 Å². The minimum atomic E-state index is -0.762. The Hall–Kier alpha value is -1.59. The summed E-state index contributed by atoms with van der Waals surface area (Å²) in [5.74, 6) is -0.825. The van der Waals surface area contributed by atoms with Gasteiger partial charge in [-0.25, -0.2) is 0 Å². The Kier molecular flexibility index (Phi) is 63.6. The average molecular weight is 1060 g/mol. The molecule has 0 aliphatic carbocycles. The smallest absolute Gasteiger partial charge is 0.306 e. The van der Waals surface area contributed by atoms with Gasteiger partial charge in [0.1, 0.15) is 13.2 Å². The second-order valence-corrected chi connectivity index (χ2v) is 23.8. The number of rotatable bonds is 65. The Morgan fingerprint density at radius 1 is 0.213 bits per heavy atom. The highest BCUT2D eigenvalue weighted by Crippen LogP contribution is 2.19. The van der Waals surface area contributed by atoms with E-state index in [0.717, 1.165) is 57.8 Å². The summed E-state index contributed by atoms with van der Waals surface area (Å²) in [6, 6.07) is 0. The summed E-state index contributed by atoms with van der Waals surface area (Å²) >= 11 is 0. The quantitative estimate of drug-likeness (QED) is 0.0343. The van der Waals surface area contributed by atoms with E-state index in [-0.39, 0.29) is 31.1 Å². The first-order chi connectivity index (χ1) is 37.0. The first-order valence-electron chi connectivity index (χ1n) is 34.5. The number of carbonyl (C=O) groups excluding carboxylic acids is 3. The third-order valence-electron chi connectivity index (χ3n) is 16.1. The fraction of sp³-hybridized carbons (Fsp3) is 0.957. The van der Waals surface area contributed by atoms with Gasteiger partial charge in [-0.3, -0.25) is 14.4 Å². The topological polar surface area (TPSA) is 78.9 Å². The van der Waals surface area contributed by atoms with Crippen molar-refractivity contribution in [3.8, 4) is 0 Å². The molecule has 0 aliphatic rings. The van der Waals surface area contributed by atoms with Crippen molar-refractivity contribution in [2.24, 2.45) is 0 Å². The van der Waals surface area contributed by atoms with Crippen LogP contribution < -0.4 is 0 Å². The molecule has 1 atom stereocenters. The third-order valence-corrected chi connectivity index (χ3v) is 16.1. The van der Waals surface area contributed by atoms with Gasteiger partial charge < -0.3 is 14.2 Å². The molecule has 1 unspecified atom stereocenters. The van der Waals surface area contributed by atoms with Crippen LogP contribution in [0.4, 0.5) is 0 Å². The van der Waals surface area contributed by atoms with Gasteiger partial charge in [0.25, 0.3) is 0 Å². The summed E-state index contributed by atoms with van der Waals surface area (Å²) < 4.78 is 17.0. The second kappa shape index (κ2) is 64.9. The Morgan fingerprint density at radius 3 is 0.533 bits per heavy atom. The summed E-state index contributed by atoms with van der Waals surface area (Å²) in [7, 11) is 0. The molecule has 0 spiro atoms. The SMILES string of the molecule is CCCCCCCCCCCCCCCCCCCCCCCCCCCC(=O)OCC(COC(=O)CCCCCCCCCCCC)OC(=O)CCCCCCCCCCCCCCCCCCCCCCCC. The van der Waals surface area contributed by atoms with Crippen LogP contribution in [0, 0.1) is 0 Å². The van der Waals surface area contributed by atoms with E-state index >= 15 is 0 Å². The predicted octanol–water partition coefficient (Wildman–Crippen LogP) is 23.5. The molecule has 6 nitrogen and oxygen atoms in total. The van der Waals surface area contributed by atoms with Gasteiger partial charge in [0.05, 0.1) is 0 Å². The molecule has 0 radical (unpaired) electrons. The Balaban J connectivity index is 4.12. The normalized spacial score (nSPS) is 11.9. The van der Waals surface area contributed by atoms with Crippen molar-refractivity contribution in [1.29, 1.82) is 0 Å². The number of ether oxygens (including phenoxy) is 3. The van der Waals surface area contributed by atoms with Crippen molar-refractivity contribution in [1.82, 2.24) is 0 Å². The van der Waals surface area contributed by atoms with E-state index < -0.39 is 6.10 Å². The number of hydrogen-bond acceptors (Lipinski definition) is 6. The van der Waals surface area contributed by atoms with Crippen LogP contribution in [0.15, 0.2) is 0 Å². The van der Waals surface area contributed by atoms with Gasteiger partial charge >= 0.3 is 17.9 Å². The van der Waals surface area contributed by atoms with E-state index in [0.29, 0.717) is 19.3 Å². The lowest BCUT2D eigenvalue weighted by Gasteiger charge is -2.18. The van der Waals surface area contributed by atoms with Crippen LogP contribution in [0.3, 0.4) is 0 Å². The molecule has 6 heteroatoms. The monoisotopic (exact) mass is 1060 g/mol. The van der Waals surface area contributed by atoms with Crippen molar-refractivity contribution < 1.29 is 28.6 Å². The molecule has 0 heterocycles. The molecule has 0 saturated carbocycles. The Labute approximate surface area is 469 Å². The maximum atomic E-state index is 12.9. The molecule has 0 aromatic carbocycles. The van der Waals surface area contributed by atoms with E-state index in [1.807, 2.05) is 0 Å². The maximum absolute atomic E-state index is 12.9. The number of carbonyl (C=O) groups is 3. The summed E-state index contributed by atoms with van der Waals surface area (Å²) in [6.45, 7) is 6.72. The van der Waals surface area contributed by atoms with Crippen LogP contribution in [-0.4, -0.2) is 37.2 Å². The van der Waals surface area contributed by atoms with E-state index in [1.165, 1.54) is 308 Å². The molecule has 0 saturated heterocycles. The summed E-state index contributed by atoms with van der Waals surface area (Å²) in [4.78, 5) is 38.3. The molecule has 75 heavy (non-hydrogen) atoms. The molecule has 0 amide bonds. The van der Waals surface area contributed by atoms with E-state index in [2.05, 4.69) is 20.8 Å². The zero-order valence-corrected chi connectivity index (χ0v) is 51.4. The largest absolute Gasteiger partial charge is 0.462 e. The minimum Gasteiger partial charge on any atom is -0.462 e. The average Bonchev–Trinajstić information content (AvgIpc) is 3.41. The zero-order valence-electron chi connectivity index (χ0n) is 51.4. The van der Waals surface area contributed by atoms with Gasteiger partial charge in [0.2, 0.25) is 0 Å². The number of esters is 3. The van der Waals surface area contributed by atoms with Crippen LogP contribution in [0.25, 0.3) is 0 Å². The number of unbranched alkanes of at least 4 members (excludes halogenated alkanes) is 54. The number of hydrogen-bond donors (Lipinski definition) is 0. The summed E-state index contributed by atoms with van der Waals surface area (Å²) in [5.41, 5.74) is 0. The fourth-order valence-electron chi connectivity index (χ4n) is 10.9. The minimum absolute atomic E-state index is 0.0606. The van der Waals surface area contributed by atoms with Gasteiger partial charge in [0.15, 0.2) is 6.10 Å². The molecule has 0 N–H and O–H groups in total. The van der Waals surface area contributed by atoms with Gasteiger partial charge in [-0.1, -0.05) is 367 Å². The lowest BCUT2D eigenvalue weighted by molar-refractivity contribution is -0.167. The van der Waals surface area contributed by atoms with Gasteiger partial charge in [-0.2, -0.15) is 0 Å². The van der Waals surface area contributed by atoms with E-state index in [4.69, 9.17) is 14.2 Å². The van der Waals surface area contributed by atoms with Crippen LogP contribution in [0.5, 0.6) is 0 Å². The predicted molar refractivity (Wildman–Crippen MR) is 326 cm³/mol. The first-order valence-corrected chi connectivity index (χ1v) is 34.5. The first kappa shape index (κ1) is 73.4. The molecular formula is C69H134O6. The van der Waals surface area contributed by atoms with E-state index in [9.17, 15) is 14.4 Å². The van der Waals surface area contributed by atoms with Crippen LogP contribution >= 0.6 is 0 Å². The highest BCUT2D eigenvalue weighted by molar-refractivity contribution is 5.71. The van der Waals surface area contributed by atoms with Crippen molar-refractivity contribution >= 4 is 17.9 Å².